The second-order valence-electron chi connectivity index (χ2n) is 4.64. The van der Waals surface area contributed by atoms with Gasteiger partial charge in [0.05, 0.1) is 5.69 Å². The second-order valence-corrected chi connectivity index (χ2v) is 4.64. The van der Waals surface area contributed by atoms with Crippen molar-refractivity contribution in [3.05, 3.63) is 18.3 Å². The van der Waals surface area contributed by atoms with Gasteiger partial charge >= 0.3 is 0 Å². The summed E-state index contributed by atoms with van der Waals surface area (Å²) < 4.78 is 0. The molecule has 1 heterocycles. The molecular weight excluding hydrogens is 228 g/mol. The van der Waals surface area contributed by atoms with Gasteiger partial charge in [-0.05, 0) is 37.8 Å². The van der Waals surface area contributed by atoms with Crippen LogP contribution in [0.4, 0.5) is 11.5 Å². The van der Waals surface area contributed by atoms with Crippen molar-refractivity contribution < 1.29 is 4.79 Å². The molecule has 18 heavy (non-hydrogen) atoms. The minimum Gasteiger partial charge on any atom is -0.396 e. The molecule has 0 bridgehead atoms. The molecule has 0 saturated heterocycles. The Morgan fingerprint density at radius 2 is 2.17 bits per heavy atom. The monoisotopic (exact) mass is 248 g/mol. The fourth-order valence-electron chi connectivity index (χ4n) is 1.72. The first-order valence-corrected chi connectivity index (χ1v) is 6.49. The van der Waals surface area contributed by atoms with Crippen molar-refractivity contribution in [2.24, 2.45) is 5.92 Å². The number of carbonyl (C=O) groups excluding carboxylic acids is 1. The first-order chi connectivity index (χ1) is 8.77. The van der Waals surface area contributed by atoms with E-state index in [0.717, 1.165) is 44.6 Å². The standard InChI is InChI=1S/C13H20N4O/c14-11-4-3-9-16-12(11)15-7-1-2-8-17-13(18)10-5-6-10/h3-4,9-10H,1-2,5-8,14H2,(H,15,16)(H,17,18). The van der Waals surface area contributed by atoms with Gasteiger partial charge in [0.1, 0.15) is 5.82 Å². The number of hydrogen-bond acceptors (Lipinski definition) is 4. The van der Waals surface area contributed by atoms with Crippen molar-refractivity contribution in [1.82, 2.24) is 10.3 Å². The number of nitrogen functional groups attached to an aromatic ring is 1. The first-order valence-electron chi connectivity index (χ1n) is 6.49. The van der Waals surface area contributed by atoms with Gasteiger partial charge in [0.15, 0.2) is 0 Å². The molecule has 0 spiro atoms. The zero-order valence-corrected chi connectivity index (χ0v) is 10.5. The Labute approximate surface area is 107 Å². The molecule has 1 saturated carbocycles. The Bertz CT molecular complexity index is 404. The topological polar surface area (TPSA) is 80.0 Å². The lowest BCUT2D eigenvalue weighted by molar-refractivity contribution is -0.122. The van der Waals surface area contributed by atoms with Crippen molar-refractivity contribution in [2.75, 3.05) is 24.1 Å². The van der Waals surface area contributed by atoms with E-state index < -0.39 is 0 Å². The molecule has 2 rings (SSSR count). The van der Waals surface area contributed by atoms with Gasteiger partial charge in [-0.3, -0.25) is 4.79 Å². The molecule has 0 radical (unpaired) electrons. The van der Waals surface area contributed by atoms with Gasteiger partial charge in [0.2, 0.25) is 5.91 Å². The summed E-state index contributed by atoms with van der Waals surface area (Å²) in [7, 11) is 0. The summed E-state index contributed by atoms with van der Waals surface area (Å²) in [6.45, 7) is 1.58. The number of hydrogen-bond donors (Lipinski definition) is 3. The maximum absolute atomic E-state index is 11.4. The molecule has 1 aliphatic carbocycles. The van der Waals surface area contributed by atoms with E-state index >= 15 is 0 Å². The zero-order chi connectivity index (χ0) is 12.8. The van der Waals surface area contributed by atoms with Crippen molar-refractivity contribution in [3.8, 4) is 0 Å². The van der Waals surface area contributed by atoms with E-state index in [0.29, 0.717) is 11.6 Å². The molecule has 1 aliphatic rings. The molecule has 1 aromatic rings. The molecule has 5 heteroatoms. The highest BCUT2D eigenvalue weighted by atomic mass is 16.2. The first kappa shape index (κ1) is 12.7. The van der Waals surface area contributed by atoms with Gasteiger partial charge < -0.3 is 16.4 Å². The lowest BCUT2D eigenvalue weighted by Crippen LogP contribution is -2.26. The number of unbranched alkanes of at least 4 members (excludes halogenated alkanes) is 1. The predicted molar refractivity (Wildman–Crippen MR) is 72.1 cm³/mol. The molecule has 1 fully saturated rings. The molecule has 4 N–H and O–H groups in total. The molecule has 1 amide bonds. The maximum Gasteiger partial charge on any atom is 0.223 e. The smallest absolute Gasteiger partial charge is 0.223 e. The number of anilines is 2. The summed E-state index contributed by atoms with van der Waals surface area (Å²) in [5.41, 5.74) is 6.43. The highest BCUT2D eigenvalue weighted by Gasteiger charge is 2.28. The third-order valence-corrected chi connectivity index (χ3v) is 2.98. The largest absolute Gasteiger partial charge is 0.396 e. The highest BCUT2D eigenvalue weighted by molar-refractivity contribution is 5.80. The van der Waals surface area contributed by atoms with Gasteiger partial charge in [0, 0.05) is 25.2 Å². The van der Waals surface area contributed by atoms with E-state index in [1.165, 1.54) is 0 Å². The van der Waals surface area contributed by atoms with Gasteiger partial charge in [-0.25, -0.2) is 4.98 Å². The van der Waals surface area contributed by atoms with Crippen molar-refractivity contribution >= 4 is 17.4 Å². The van der Waals surface area contributed by atoms with Crippen LogP contribution in [0.5, 0.6) is 0 Å². The number of rotatable bonds is 7. The van der Waals surface area contributed by atoms with Crippen molar-refractivity contribution in [2.45, 2.75) is 25.7 Å². The fraction of sp³-hybridized carbons (Fsp3) is 0.538. The van der Waals surface area contributed by atoms with Crippen LogP contribution in [0, 0.1) is 5.92 Å². The van der Waals surface area contributed by atoms with Gasteiger partial charge in [-0.15, -0.1) is 0 Å². The molecule has 0 aromatic carbocycles. The number of pyridine rings is 1. The van der Waals surface area contributed by atoms with Crippen LogP contribution < -0.4 is 16.4 Å². The lowest BCUT2D eigenvalue weighted by Gasteiger charge is -2.08. The number of nitrogens with zero attached hydrogens (tertiary/aromatic N) is 1. The summed E-state index contributed by atoms with van der Waals surface area (Å²) in [5.74, 6) is 1.26. The molecule has 0 unspecified atom stereocenters. The van der Waals surface area contributed by atoms with Crippen LogP contribution in [-0.4, -0.2) is 24.0 Å². The fourth-order valence-corrected chi connectivity index (χ4v) is 1.72. The Morgan fingerprint density at radius 1 is 1.39 bits per heavy atom. The summed E-state index contributed by atoms with van der Waals surface area (Å²) in [4.78, 5) is 15.5. The predicted octanol–water partition coefficient (Wildman–Crippen LogP) is 1.38. The quantitative estimate of drug-likeness (QED) is 0.637. The normalized spacial score (nSPS) is 14.2. The molecule has 0 atom stereocenters. The molecular formula is C13H20N4O. The van der Waals surface area contributed by atoms with Crippen molar-refractivity contribution in [3.63, 3.8) is 0 Å². The van der Waals surface area contributed by atoms with E-state index in [1.807, 2.05) is 12.1 Å². The number of carbonyl (C=O) groups is 1. The van der Waals surface area contributed by atoms with E-state index in [9.17, 15) is 4.79 Å². The second kappa shape index (κ2) is 6.23. The minimum absolute atomic E-state index is 0.219. The Kier molecular flexibility index (Phi) is 4.39. The zero-order valence-electron chi connectivity index (χ0n) is 10.5. The average molecular weight is 248 g/mol. The number of nitrogens with one attached hydrogen (secondary N) is 2. The Balaban J connectivity index is 1.53. The van der Waals surface area contributed by atoms with Crippen LogP contribution in [0.3, 0.4) is 0 Å². The van der Waals surface area contributed by atoms with Crippen LogP contribution in [0.25, 0.3) is 0 Å². The highest BCUT2D eigenvalue weighted by Crippen LogP contribution is 2.28. The third-order valence-electron chi connectivity index (χ3n) is 2.98. The van der Waals surface area contributed by atoms with Crippen LogP contribution in [-0.2, 0) is 4.79 Å². The summed E-state index contributed by atoms with van der Waals surface area (Å²) >= 11 is 0. The summed E-state index contributed by atoms with van der Waals surface area (Å²) in [6, 6.07) is 3.64. The van der Waals surface area contributed by atoms with Crippen LogP contribution in [0.2, 0.25) is 0 Å². The average Bonchev–Trinajstić information content (AvgIpc) is 3.19. The van der Waals surface area contributed by atoms with Crippen molar-refractivity contribution in [1.29, 1.82) is 0 Å². The number of aromatic nitrogens is 1. The van der Waals surface area contributed by atoms with Crippen LogP contribution >= 0.6 is 0 Å². The molecule has 5 nitrogen and oxygen atoms in total. The summed E-state index contributed by atoms with van der Waals surface area (Å²) in [6.07, 6.45) is 5.80. The Hall–Kier alpha value is -1.78. The van der Waals surface area contributed by atoms with Gasteiger partial charge in [-0.1, -0.05) is 0 Å². The molecule has 0 aliphatic heterocycles. The number of amides is 1. The van der Waals surface area contributed by atoms with E-state index in [1.54, 1.807) is 6.20 Å². The lowest BCUT2D eigenvalue weighted by atomic mass is 10.3. The van der Waals surface area contributed by atoms with Crippen LogP contribution in [0.1, 0.15) is 25.7 Å². The minimum atomic E-state index is 0.219. The summed E-state index contributed by atoms with van der Waals surface area (Å²) in [5, 5.41) is 6.13. The molecule has 98 valence electrons. The Morgan fingerprint density at radius 3 is 2.89 bits per heavy atom. The van der Waals surface area contributed by atoms with Gasteiger partial charge in [0.25, 0.3) is 0 Å². The van der Waals surface area contributed by atoms with E-state index in [4.69, 9.17) is 5.73 Å². The number of nitrogens with two attached hydrogens (primary N) is 1. The van der Waals surface area contributed by atoms with Gasteiger partial charge in [-0.2, -0.15) is 0 Å². The van der Waals surface area contributed by atoms with E-state index in [-0.39, 0.29) is 5.91 Å². The third kappa shape index (κ3) is 3.91. The SMILES string of the molecule is Nc1cccnc1NCCCCNC(=O)C1CC1. The maximum atomic E-state index is 11.4. The van der Waals surface area contributed by atoms with Crippen LogP contribution in [0.15, 0.2) is 18.3 Å². The molecule has 1 aromatic heterocycles. The van der Waals surface area contributed by atoms with E-state index in [2.05, 4.69) is 15.6 Å².